The van der Waals surface area contributed by atoms with E-state index < -0.39 is 5.97 Å². The number of rotatable bonds is 5. The molecule has 0 fully saturated rings. The molecule has 18 heavy (non-hydrogen) atoms. The molecule has 1 heterocycles. The van der Waals surface area contributed by atoms with E-state index in [1.165, 1.54) is 0 Å². The van der Waals surface area contributed by atoms with Crippen LogP contribution in [0.3, 0.4) is 0 Å². The van der Waals surface area contributed by atoms with Crippen LogP contribution in [0.25, 0.3) is 0 Å². The molecule has 1 aromatic carbocycles. The molecule has 2 rings (SSSR count). The summed E-state index contributed by atoms with van der Waals surface area (Å²) in [5, 5.41) is 13.0. The number of aryl methyl sites for hydroxylation is 1. The first-order valence-electron chi connectivity index (χ1n) is 5.41. The molecule has 6 heteroatoms. The molecule has 1 N–H and O–H groups in total. The van der Waals surface area contributed by atoms with E-state index in [2.05, 4.69) is 10.1 Å². The van der Waals surface area contributed by atoms with E-state index in [1.807, 2.05) is 12.1 Å². The minimum Gasteiger partial charge on any atom is -0.481 e. The zero-order chi connectivity index (χ0) is 13.0. The van der Waals surface area contributed by atoms with Gasteiger partial charge in [0, 0.05) is 17.9 Å². The van der Waals surface area contributed by atoms with Crippen LogP contribution < -0.4 is 0 Å². The van der Waals surface area contributed by atoms with E-state index in [0.717, 1.165) is 5.56 Å². The molecule has 0 aliphatic heterocycles. The van der Waals surface area contributed by atoms with Crippen molar-refractivity contribution in [1.29, 1.82) is 0 Å². The standard InChI is InChI=1S/C12H11ClN2O3/c13-9-3-1-8(2-4-9)7-10-14-11(18-15-10)5-6-12(16)17/h1-4H,5-7H2,(H,16,17). The van der Waals surface area contributed by atoms with E-state index in [1.54, 1.807) is 12.1 Å². The Morgan fingerprint density at radius 3 is 2.72 bits per heavy atom. The number of nitrogens with zero attached hydrogens (tertiary/aromatic N) is 2. The summed E-state index contributed by atoms with van der Waals surface area (Å²) in [6.45, 7) is 0. The van der Waals surface area contributed by atoms with Crippen molar-refractivity contribution in [3.05, 3.63) is 46.6 Å². The van der Waals surface area contributed by atoms with Crippen molar-refractivity contribution < 1.29 is 14.4 Å². The van der Waals surface area contributed by atoms with Gasteiger partial charge in [-0.15, -0.1) is 0 Å². The van der Waals surface area contributed by atoms with Gasteiger partial charge in [0.1, 0.15) is 0 Å². The van der Waals surface area contributed by atoms with Gasteiger partial charge in [-0.05, 0) is 17.7 Å². The number of carboxylic acid groups (broad SMARTS) is 1. The van der Waals surface area contributed by atoms with E-state index in [9.17, 15) is 4.79 Å². The lowest BCUT2D eigenvalue weighted by atomic mass is 10.1. The molecule has 0 saturated carbocycles. The summed E-state index contributed by atoms with van der Waals surface area (Å²) in [7, 11) is 0. The molecule has 0 amide bonds. The Kier molecular flexibility index (Phi) is 3.94. The third-order valence-corrected chi connectivity index (χ3v) is 2.59. The Labute approximate surface area is 108 Å². The van der Waals surface area contributed by atoms with Crippen molar-refractivity contribution in [2.24, 2.45) is 0 Å². The van der Waals surface area contributed by atoms with Gasteiger partial charge in [-0.25, -0.2) is 0 Å². The SMILES string of the molecule is O=C(O)CCc1nc(Cc2ccc(Cl)cc2)no1. The molecule has 0 saturated heterocycles. The van der Waals surface area contributed by atoms with Crippen LogP contribution in [0.2, 0.25) is 5.02 Å². The van der Waals surface area contributed by atoms with Gasteiger partial charge in [0.15, 0.2) is 5.82 Å². The second-order valence-corrected chi connectivity index (χ2v) is 4.24. The zero-order valence-corrected chi connectivity index (χ0v) is 10.2. The molecule has 0 bridgehead atoms. The predicted molar refractivity (Wildman–Crippen MR) is 64.5 cm³/mol. The van der Waals surface area contributed by atoms with Crippen molar-refractivity contribution in [1.82, 2.24) is 10.1 Å². The molecule has 2 aromatic rings. The molecular formula is C12H11ClN2O3. The molecule has 0 atom stereocenters. The fourth-order valence-electron chi connectivity index (χ4n) is 1.46. The van der Waals surface area contributed by atoms with Gasteiger partial charge in [0.05, 0.1) is 6.42 Å². The number of aromatic nitrogens is 2. The average molecular weight is 267 g/mol. The Morgan fingerprint density at radius 2 is 2.06 bits per heavy atom. The predicted octanol–water partition coefficient (Wildman–Crippen LogP) is 2.33. The highest BCUT2D eigenvalue weighted by atomic mass is 35.5. The van der Waals surface area contributed by atoms with Crippen molar-refractivity contribution in [2.75, 3.05) is 0 Å². The summed E-state index contributed by atoms with van der Waals surface area (Å²) in [4.78, 5) is 14.5. The van der Waals surface area contributed by atoms with Gasteiger partial charge in [0.25, 0.3) is 0 Å². The van der Waals surface area contributed by atoms with Crippen molar-refractivity contribution in [3.8, 4) is 0 Å². The molecule has 5 nitrogen and oxygen atoms in total. The van der Waals surface area contributed by atoms with E-state index >= 15 is 0 Å². The number of carboxylic acids is 1. The maximum absolute atomic E-state index is 10.4. The Balaban J connectivity index is 1.97. The molecule has 0 spiro atoms. The second kappa shape index (κ2) is 5.64. The van der Waals surface area contributed by atoms with E-state index in [4.69, 9.17) is 21.2 Å². The Bertz CT molecular complexity index is 537. The van der Waals surface area contributed by atoms with Crippen LogP contribution in [-0.2, 0) is 17.6 Å². The normalized spacial score (nSPS) is 10.5. The maximum Gasteiger partial charge on any atom is 0.303 e. The number of carbonyl (C=O) groups is 1. The van der Waals surface area contributed by atoms with Crippen LogP contribution in [0.4, 0.5) is 0 Å². The molecule has 0 aliphatic rings. The molecular weight excluding hydrogens is 256 g/mol. The highest BCUT2D eigenvalue weighted by molar-refractivity contribution is 6.30. The maximum atomic E-state index is 10.4. The summed E-state index contributed by atoms with van der Waals surface area (Å²) in [6.07, 6.45) is 0.777. The molecule has 0 aliphatic carbocycles. The number of hydrogen-bond acceptors (Lipinski definition) is 4. The first kappa shape index (κ1) is 12.6. The zero-order valence-electron chi connectivity index (χ0n) is 9.47. The Hall–Kier alpha value is -1.88. The van der Waals surface area contributed by atoms with Crippen molar-refractivity contribution >= 4 is 17.6 Å². The lowest BCUT2D eigenvalue weighted by Gasteiger charge is -1.96. The van der Waals surface area contributed by atoms with Crippen LogP contribution in [-0.4, -0.2) is 21.2 Å². The van der Waals surface area contributed by atoms with Crippen LogP contribution in [0, 0.1) is 0 Å². The summed E-state index contributed by atoms with van der Waals surface area (Å²) < 4.78 is 4.96. The highest BCUT2D eigenvalue weighted by Crippen LogP contribution is 2.12. The fraction of sp³-hybridized carbons (Fsp3) is 0.250. The minimum absolute atomic E-state index is 0.0113. The van der Waals surface area contributed by atoms with Crippen LogP contribution >= 0.6 is 11.6 Å². The number of aliphatic carboxylic acids is 1. The molecule has 0 radical (unpaired) electrons. The monoisotopic (exact) mass is 266 g/mol. The molecule has 0 unspecified atom stereocenters. The van der Waals surface area contributed by atoms with Gasteiger partial charge in [0.2, 0.25) is 5.89 Å². The molecule has 94 valence electrons. The quantitative estimate of drug-likeness (QED) is 0.899. The second-order valence-electron chi connectivity index (χ2n) is 3.80. The van der Waals surface area contributed by atoms with E-state index in [0.29, 0.717) is 23.2 Å². The van der Waals surface area contributed by atoms with Gasteiger partial charge in [-0.3, -0.25) is 4.79 Å². The third kappa shape index (κ3) is 3.56. The fourth-order valence-corrected chi connectivity index (χ4v) is 1.59. The number of hydrogen-bond donors (Lipinski definition) is 1. The highest BCUT2D eigenvalue weighted by Gasteiger charge is 2.08. The third-order valence-electron chi connectivity index (χ3n) is 2.34. The topological polar surface area (TPSA) is 76.2 Å². The lowest BCUT2D eigenvalue weighted by molar-refractivity contribution is -0.137. The largest absolute Gasteiger partial charge is 0.481 e. The van der Waals surface area contributed by atoms with Gasteiger partial charge >= 0.3 is 5.97 Å². The van der Waals surface area contributed by atoms with Crippen LogP contribution in [0.1, 0.15) is 23.7 Å². The number of benzene rings is 1. The first-order valence-corrected chi connectivity index (χ1v) is 5.79. The van der Waals surface area contributed by atoms with Crippen LogP contribution in [0.5, 0.6) is 0 Å². The first-order chi connectivity index (χ1) is 8.63. The summed E-state index contributed by atoms with van der Waals surface area (Å²) in [5.41, 5.74) is 1.02. The lowest BCUT2D eigenvalue weighted by Crippen LogP contribution is -1.98. The van der Waals surface area contributed by atoms with Gasteiger partial charge in [-0.1, -0.05) is 28.9 Å². The van der Waals surface area contributed by atoms with Crippen LogP contribution in [0.15, 0.2) is 28.8 Å². The van der Waals surface area contributed by atoms with Crippen molar-refractivity contribution in [3.63, 3.8) is 0 Å². The van der Waals surface area contributed by atoms with Crippen molar-refractivity contribution in [2.45, 2.75) is 19.3 Å². The number of halogens is 1. The smallest absolute Gasteiger partial charge is 0.303 e. The summed E-state index contributed by atoms with van der Waals surface area (Å²) in [5.74, 6) is 0.00604. The summed E-state index contributed by atoms with van der Waals surface area (Å²) >= 11 is 5.78. The Morgan fingerprint density at radius 1 is 1.33 bits per heavy atom. The molecule has 1 aromatic heterocycles. The minimum atomic E-state index is -0.882. The van der Waals surface area contributed by atoms with E-state index in [-0.39, 0.29) is 12.8 Å². The summed E-state index contributed by atoms with van der Waals surface area (Å²) in [6, 6.07) is 7.36. The van der Waals surface area contributed by atoms with Gasteiger partial charge in [-0.2, -0.15) is 4.98 Å². The van der Waals surface area contributed by atoms with Gasteiger partial charge < -0.3 is 9.63 Å². The average Bonchev–Trinajstić information content (AvgIpc) is 2.77.